The summed E-state index contributed by atoms with van der Waals surface area (Å²) < 4.78 is 0. The molecule has 0 atom stereocenters. The second kappa shape index (κ2) is 7.75. The second-order valence-corrected chi connectivity index (χ2v) is 6.90. The van der Waals surface area contributed by atoms with Gasteiger partial charge in [0.1, 0.15) is 0 Å². The molecule has 0 fully saturated rings. The summed E-state index contributed by atoms with van der Waals surface area (Å²) in [6, 6.07) is 19.1. The summed E-state index contributed by atoms with van der Waals surface area (Å²) in [6.45, 7) is -0.239. The van der Waals surface area contributed by atoms with Crippen molar-refractivity contribution in [3.8, 4) is 33.2 Å². The molecule has 134 valence electrons. The molecule has 0 aliphatic carbocycles. The lowest BCUT2D eigenvalue weighted by Gasteiger charge is -2.09. The maximum absolute atomic E-state index is 9.39. The highest BCUT2D eigenvalue weighted by molar-refractivity contribution is 7.13. The summed E-state index contributed by atoms with van der Waals surface area (Å²) in [7, 11) is 0. The molecule has 2 N–H and O–H groups in total. The third-order valence-corrected chi connectivity index (χ3v) is 5.01. The second-order valence-electron chi connectivity index (χ2n) is 5.95. The van der Waals surface area contributed by atoms with E-state index in [-0.39, 0.29) is 13.2 Å². The van der Waals surface area contributed by atoms with Crippen molar-refractivity contribution in [1.82, 2.24) is 15.0 Å². The van der Waals surface area contributed by atoms with Crippen LogP contribution in [0.4, 0.5) is 0 Å². The van der Waals surface area contributed by atoms with Crippen molar-refractivity contribution >= 4 is 11.3 Å². The Hall–Kier alpha value is -2.93. The van der Waals surface area contributed by atoms with Crippen LogP contribution in [0.25, 0.3) is 33.2 Å². The van der Waals surface area contributed by atoms with Crippen molar-refractivity contribution in [2.45, 2.75) is 13.2 Å². The Morgan fingerprint density at radius 2 is 1.26 bits per heavy atom. The number of aromatic nitrogens is 3. The monoisotopic (exact) mass is 375 g/mol. The first kappa shape index (κ1) is 17.5. The Balaban J connectivity index is 1.89. The van der Waals surface area contributed by atoms with Crippen molar-refractivity contribution in [1.29, 1.82) is 0 Å². The Labute approximate surface area is 160 Å². The highest BCUT2D eigenvalue weighted by atomic mass is 32.1. The molecule has 4 rings (SSSR count). The van der Waals surface area contributed by atoms with Crippen molar-refractivity contribution in [3.63, 3.8) is 0 Å². The van der Waals surface area contributed by atoms with Gasteiger partial charge in [-0.1, -0.05) is 18.2 Å². The van der Waals surface area contributed by atoms with E-state index in [0.29, 0.717) is 34.2 Å². The molecule has 0 saturated carbocycles. The molecular weight excluding hydrogens is 358 g/mol. The first-order valence-corrected chi connectivity index (χ1v) is 9.35. The summed E-state index contributed by atoms with van der Waals surface area (Å²) in [5.74, 6) is 0. The van der Waals surface area contributed by atoms with Crippen LogP contribution in [0, 0.1) is 0 Å². The number of hydrogen-bond acceptors (Lipinski definition) is 6. The molecule has 0 aromatic carbocycles. The predicted octanol–water partition coefficient (Wildman–Crippen LogP) is 3.92. The van der Waals surface area contributed by atoms with Crippen LogP contribution in [0.2, 0.25) is 0 Å². The molecule has 0 aliphatic rings. The van der Waals surface area contributed by atoms with Gasteiger partial charge in [-0.05, 0) is 53.4 Å². The Morgan fingerprint density at radius 3 is 1.74 bits per heavy atom. The molecule has 0 aliphatic heterocycles. The van der Waals surface area contributed by atoms with Crippen LogP contribution < -0.4 is 0 Å². The lowest BCUT2D eigenvalue weighted by Crippen LogP contribution is -1.97. The van der Waals surface area contributed by atoms with Gasteiger partial charge in [-0.3, -0.25) is 0 Å². The number of thiophene rings is 1. The highest BCUT2D eigenvalue weighted by Crippen LogP contribution is 2.31. The smallest absolute Gasteiger partial charge is 0.0900 e. The molecule has 0 bridgehead atoms. The molecule has 5 nitrogen and oxygen atoms in total. The van der Waals surface area contributed by atoms with Crippen molar-refractivity contribution in [3.05, 3.63) is 77.4 Å². The van der Waals surface area contributed by atoms with E-state index in [2.05, 4.69) is 16.0 Å². The van der Waals surface area contributed by atoms with Gasteiger partial charge < -0.3 is 10.2 Å². The van der Waals surface area contributed by atoms with E-state index in [4.69, 9.17) is 4.98 Å². The summed E-state index contributed by atoms with van der Waals surface area (Å²) in [4.78, 5) is 14.8. The van der Waals surface area contributed by atoms with E-state index in [9.17, 15) is 10.2 Å². The van der Waals surface area contributed by atoms with Gasteiger partial charge in [0.15, 0.2) is 0 Å². The van der Waals surface area contributed by atoms with Crippen molar-refractivity contribution in [2.75, 3.05) is 0 Å². The number of hydrogen-bond donors (Lipinski definition) is 2. The standard InChI is InChI=1S/C21H17N3O2S/c25-12-15-4-1-6-17(22-15)19-10-14(21-8-3-9-27-21)11-20(24-19)18-7-2-5-16(13-26)23-18/h1-11,25-26H,12-13H2. The minimum absolute atomic E-state index is 0.120. The fourth-order valence-corrected chi connectivity index (χ4v) is 3.51. The maximum Gasteiger partial charge on any atom is 0.0900 e. The summed E-state index contributed by atoms with van der Waals surface area (Å²) in [5, 5.41) is 20.8. The Morgan fingerprint density at radius 1 is 0.667 bits per heavy atom. The number of pyridine rings is 3. The Bertz CT molecular complexity index is 999. The van der Waals surface area contributed by atoms with Crippen LogP contribution in [0.1, 0.15) is 11.4 Å². The van der Waals surface area contributed by atoms with Crippen LogP contribution in [0.3, 0.4) is 0 Å². The highest BCUT2D eigenvalue weighted by Gasteiger charge is 2.12. The number of nitrogens with zero attached hydrogens (tertiary/aromatic N) is 3. The average Bonchev–Trinajstić information content (AvgIpc) is 3.28. The summed E-state index contributed by atoms with van der Waals surface area (Å²) >= 11 is 1.65. The van der Waals surface area contributed by atoms with E-state index in [1.807, 2.05) is 47.8 Å². The molecular formula is C21H17N3O2S. The van der Waals surface area contributed by atoms with Gasteiger partial charge in [0.2, 0.25) is 0 Å². The van der Waals surface area contributed by atoms with Crippen molar-refractivity contribution in [2.24, 2.45) is 0 Å². The van der Waals surface area contributed by atoms with Gasteiger partial charge in [0.05, 0.1) is 47.4 Å². The minimum atomic E-state index is -0.120. The molecule has 4 aromatic rings. The first-order chi connectivity index (χ1) is 13.3. The fourth-order valence-electron chi connectivity index (χ4n) is 2.80. The van der Waals surface area contributed by atoms with Gasteiger partial charge in [-0.2, -0.15) is 0 Å². The van der Waals surface area contributed by atoms with E-state index in [0.717, 1.165) is 10.4 Å². The quantitative estimate of drug-likeness (QED) is 0.553. The fraction of sp³-hybridized carbons (Fsp3) is 0.0952. The van der Waals surface area contributed by atoms with E-state index >= 15 is 0 Å². The van der Waals surface area contributed by atoms with Crippen LogP contribution >= 0.6 is 11.3 Å². The van der Waals surface area contributed by atoms with Crippen LogP contribution in [0.15, 0.2) is 66.0 Å². The molecule has 0 amide bonds. The first-order valence-electron chi connectivity index (χ1n) is 8.47. The lowest BCUT2D eigenvalue weighted by molar-refractivity contribution is 0.277. The third-order valence-electron chi connectivity index (χ3n) is 4.09. The largest absolute Gasteiger partial charge is 0.390 e. The third kappa shape index (κ3) is 3.78. The molecule has 0 saturated heterocycles. The van der Waals surface area contributed by atoms with E-state index in [1.54, 1.807) is 23.5 Å². The number of rotatable bonds is 5. The molecule has 0 radical (unpaired) electrons. The summed E-state index contributed by atoms with van der Waals surface area (Å²) in [6.07, 6.45) is 0. The van der Waals surface area contributed by atoms with Gasteiger partial charge in [0.25, 0.3) is 0 Å². The van der Waals surface area contributed by atoms with Crippen molar-refractivity contribution < 1.29 is 10.2 Å². The minimum Gasteiger partial charge on any atom is -0.390 e. The van der Waals surface area contributed by atoms with E-state index < -0.39 is 0 Å². The van der Waals surface area contributed by atoms with Gasteiger partial charge in [-0.15, -0.1) is 11.3 Å². The van der Waals surface area contributed by atoms with Crippen LogP contribution in [0.5, 0.6) is 0 Å². The number of aliphatic hydroxyl groups excluding tert-OH is 2. The molecule has 27 heavy (non-hydrogen) atoms. The molecule has 4 heterocycles. The zero-order valence-corrected chi connectivity index (χ0v) is 15.2. The number of aliphatic hydroxyl groups is 2. The zero-order valence-electron chi connectivity index (χ0n) is 14.4. The average molecular weight is 375 g/mol. The SMILES string of the molecule is OCc1cccc(-c2cc(-c3cccs3)cc(-c3cccc(CO)n3)n2)n1. The van der Waals surface area contributed by atoms with Gasteiger partial charge >= 0.3 is 0 Å². The zero-order chi connectivity index (χ0) is 18.6. The molecule has 0 unspecified atom stereocenters. The topological polar surface area (TPSA) is 79.1 Å². The lowest BCUT2D eigenvalue weighted by atomic mass is 10.1. The Kier molecular flexibility index (Phi) is 5.02. The van der Waals surface area contributed by atoms with Gasteiger partial charge in [-0.25, -0.2) is 15.0 Å². The molecule has 6 heteroatoms. The van der Waals surface area contributed by atoms with Crippen LogP contribution in [-0.2, 0) is 13.2 Å². The normalized spacial score (nSPS) is 10.9. The molecule has 4 aromatic heterocycles. The van der Waals surface area contributed by atoms with E-state index in [1.165, 1.54) is 0 Å². The maximum atomic E-state index is 9.39. The van der Waals surface area contributed by atoms with Crippen LogP contribution in [-0.4, -0.2) is 25.2 Å². The predicted molar refractivity (Wildman–Crippen MR) is 106 cm³/mol. The summed E-state index contributed by atoms with van der Waals surface area (Å²) in [5.41, 5.74) is 5.02. The molecule has 0 spiro atoms. The van der Waals surface area contributed by atoms with Gasteiger partial charge in [0, 0.05) is 4.88 Å².